The summed E-state index contributed by atoms with van der Waals surface area (Å²) in [4.78, 5) is 3.24. The van der Waals surface area contributed by atoms with E-state index >= 15 is 0 Å². The van der Waals surface area contributed by atoms with Crippen molar-refractivity contribution in [3.8, 4) is 0 Å². The number of aromatic amines is 1. The molecule has 0 bridgehead atoms. The molecular weight excluding hydrogens is 300 g/mol. The number of benzene rings is 1. The fourth-order valence-electron chi connectivity index (χ4n) is 2.28. The summed E-state index contributed by atoms with van der Waals surface area (Å²) >= 11 is 6.10. The second-order valence-electron chi connectivity index (χ2n) is 4.61. The van der Waals surface area contributed by atoms with Crippen molar-refractivity contribution >= 4 is 39.0 Å². The first kappa shape index (κ1) is 15.0. The van der Waals surface area contributed by atoms with Crippen molar-refractivity contribution in [2.75, 3.05) is 5.75 Å². The van der Waals surface area contributed by atoms with Gasteiger partial charge in [0.1, 0.15) is 0 Å². The Morgan fingerprint density at radius 3 is 2.80 bits per heavy atom. The maximum Gasteiger partial charge on any atom is 0.264 e. The third-order valence-corrected chi connectivity index (χ3v) is 4.14. The second kappa shape index (κ2) is 5.55. The predicted octanol–water partition coefficient (Wildman–Crippen LogP) is 2.34. The summed E-state index contributed by atoms with van der Waals surface area (Å²) in [6.45, 7) is 5.67. The smallest absolute Gasteiger partial charge is 0.264 e. The molecule has 0 radical (unpaired) electrons. The van der Waals surface area contributed by atoms with Crippen LogP contribution in [0.3, 0.4) is 0 Å². The molecule has 1 aromatic heterocycles. The van der Waals surface area contributed by atoms with E-state index in [1.54, 1.807) is 12.3 Å². The monoisotopic (exact) mass is 315 g/mol. The number of nitrogens with zero attached hydrogens (tertiary/aromatic N) is 1. The van der Waals surface area contributed by atoms with Crippen LogP contribution in [0.25, 0.3) is 17.2 Å². The van der Waals surface area contributed by atoms with Crippen LogP contribution < -0.4 is 4.57 Å². The van der Waals surface area contributed by atoms with Crippen LogP contribution in [0.1, 0.15) is 17.8 Å². The SMILES string of the molecule is C=C[n+]1c(C)[nH]c2c(CCCS(=O)(=O)O)cc(Cl)cc21. The Morgan fingerprint density at radius 2 is 2.20 bits per heavy atom. The number of halogens is 1. The molecule has 0 atom stereocenters. The van der Waals surface area contributed by atoms with Gasteiger partial charge in [0.05, 0.1) is 12.0 Å². The van der Waals surface area contributed by atoms with Gasteiger partial charge in [-0.15, -0.1) is 0 Å². The highest BCUT2D eigenvalue weighted by molar-refractivity contribution is 7.85. The van der Waals surface area contributed by atoms with Crippen molar-refractivity contribution in [3.05, 3.63) is 35.1 Å². The second-order valence-corrected chi connectivity index (χ2v) is 6.62. The normalized spacial score (nSPS) is 11.9. The maximum atomic E-state index is 10.8. The van der Waals surface area contributed by atoms with Gasteiger partial charge in [0.15, 0.2) is 11.0 Å². The average Bonchev–Trinajstić information content (AvgIpc) is 2.63. The molecule has 7 heteroatoms. The summed E-state index contributed by atoms with van der Waals surface area (Å²) in [6.07, 6.45) is 2.53. The minimum absolute atomic E-state index is 0.262. The number of aromatic nitrogens is 2. The third kappa shape index (κ3) is 3.20. The van der Waals surface area contributed by atoms with Crippen molar-refractivity contribution in [2.45, 2.75) is 19.8 Å². The molecule has 20 heavy (non-hydrogen) atoms. The number of hydrogen-bond acceptors (Lipinski definition) is 2. The molecule has 2 aromatic rings. The van der Waals surface area contributed by atoms with Crippen molar-refractivity contribution in [1.29, 1.82) is 0 Å². The fraction of sp³-hybridized carbons (Fsp3) is 0.308. The largest absolute Gasteiger partial charge is 0.286 e. The van der Waals surface area contributed by atoms with Crippen molar-refractivity contribution < 1.29 is 17.5 Å². The molecule has 2 rings (SSSR count). The molecule has 1 aromatic carbocycles. The lowest BCUT2D eigenvalue weighted by atomic mass is 10.1. The highest BCUT2D eigenvalue weighted by Gasteiger charge is 2.17. The van der Waals surface area contributed by atoms with Crippen molar-refractivity contribution in [3.63, 3.8) is 0 Å². The number of H-pyrrole nitrogens is 1. The molecular formula is C13H16ClN2O3S+. The Morgan fingerprint density at radius 1 is 1.50 bits per heavy atom. The van der Waals surface area contributed by atoms with Gasteiger partial charge in [0, 0.05) is 23.6 Å². The summed E-state index contributed by atoms with van der Waals surface area (Å²) in [7, 11) is -3.93. The van der Waals surface area contributed by atoms with E-state index in [1.807, 2.05) is 17.6 Å². The first-order valence-electron chi connectivity index (χ1n) is 6.12. The summed E-state index contributed by atoms with van der Waals surface area (Å²) in [5.41, 5.74) is 2.72. The fourth-order valence-corrected chi connectivity index (χ4v) is 3.03. The zero-order valence-electron chi connectivity index (χ0n) is 11.1. The van der Waals surface area contributed by atoms with Crippen LogP contribution in [-0.4, -0.2) is 23.7 Å². The molecule has 0 spiro atoms. The molecule has 0 aliphatic heterocycles. The van der Waals surface area contributed by atoms with Crippen LogP contribution >= 0.6 is 11.6 Å². The van der Waals surface area contributed by atoms with Crippen molar-refractivity contribution in [2.24, 2.45) is 0 Å². The van der Waals surface area contributed by atoms with E-state index in [2.05, 4.69) is 11.6 Å². The van der Waals surface area contributed by atoms with Crippen molar-refractivity contribution in [1.82, 2.24) is 4.98 Å². The Bertz CT molecular complexity index is 766. The zero-order chi connectivity index (χ0) is 14.9. The first-order chi connectivity index (χ1) is 9.31. The molecule has 0 saturated carbocycles. The standard InChI is InChI=1S/C13H15ClN2O3S/c1-3-16-9(2)15-13-10(5-4-6-20(17,18)19)7-11(14)8-12(13)16/h3,7-8H,1,4-6H2,2H3,(H,17,18,19)/p+1. The van der Waals surface area contributed by atoms with E-state index in [9.17, 15) is 8.42 Å². The van der Waals surface area contributed by atoms with Crippen LogP contribution in [0.15, 0.2) is 18.7 Å². The topological polar surface area (TPSA) is 74.0 Å². The molecule has 0 aliphatic rings. The first-order valence-corrected chi connectivity index (χ1v) is 8.10. The van der Waals surface area contributed by atoms with E-state index in [0.29, 0.717) is 17.9 Å². The number of aryl methyl sites for hydroxylation is 2. The molecule has 1 heterocycles. The highest BCUT2D eigenvalue weighted by atomic mass is 35.5. The summed E-state index contributed by atoms with van der Waals surface area (Å²) in [6, 6.07) is 3.63. The van der Waals surface area contributed by atoms with E-state index in [1.165, 1.54) is 0 Å². The van der Waals surface area contributed by atoms with Gasteiger partial charge in [-0.2, -0.15) is 8.42 Å². The zero-order valence-corrected chi connectivity index (χ0v) is 12.6. The lowest BCUT2D eigenvalue weighted by Gasteiger charge is -2.01. The molecule has 0 amide bonds. The van der Waals surface area contributed by atoms with Crippen LogP contribution in [0.5, 0.6) is 0 Å². The minimum atomic E-state index is -3.93. The van der Waals surface area contributed by atoms with Gasteiger partial charge in [-0.3, -0.25) is 4.55 Å². The lowest BCUT2D eigenvalue weighted by Crippen LogP contribution is -2.27. The summed E-state index contributed by atoms with van der Waals surface area (Å²) in [5, 5.41) is 0.578. The quantitative estimate of drug-likeness (QED) is 0.657. The molecule has 0 saturated heterocycles. The Hall–Kier alpha value is -1.37. The minimum Gasteiger partial charge on any atom is -0.286 e. The highest BCUT2D eigenvalue weighted by Crippen LogP contribution is 2.23. The van der Waals surface area contributed by atoms with Gasteiger partial charge in [0.25, 0.3) is 15.9 Å². The predicted molar refractivity (Wildman–Crippen MR) is 79.4 cm³/mol. The molecule has 5 nitrogen and oxygen atoms in total. The Kier molecular flexibility index (Phi) is 4.17. The van der Waals surface area contributed by atoms with Crippen LogP contribution in [0.4, 0.5) is 0 Å². The van der Waals surface area contributed by atoms with Gasteiger partial charge in [-0.05, 0) is 18.9 Å². The number of rotatable bonds is 5. The van der Waals surface area contributed by atoms with E-state index in [4.69, 9.17) is 16.2 Å². The van der Waals surface area contributed by atoms with E-state index in [0.717, 1.165) is 22.4 Å². The van der Waals surface area contributed by atoms with Crippen LogP contribution in [0, 0.1) is 6.92 Å². The third-order valence-electron chi connectivity index (χ3n) is 3.12. The molecule has 108 valence electrons. The van der Waals surface area contributed by atoms with Crippen LogP contribution in [0.2, 0.25) is 5.02 Å². The number of hydrogen-bond donors (Lipinski definition) is 2. The molecule has 0 fully saturated rings. The van der Waals surface area contributed by atoms with E-state index < -0.39 is 10.1 Å². The van der Waals surface area contributed by atoms with Gasteiger partial charge < -0.3 is 0 Å². The molecule has 0 aliphatic carbocycles. The number of fused-ring (bicyclic) bond motifs is 1. The summed E-state index contributed by atoms with van der Waals surface area (Å²) in [5.74, 6) is 0.649. The molecule has 0 unspecified atom stereocenters. The number of imidazole rings is 1. The van der Waals surface area contributed by atoms with Crippen LogP contribution in [-0.2, 0) is 16.5 Å². The van der Waals surface area contributed by atoms with Gasteiger partial charge in [-0.25, -0.2) is 9.55 Å². The van der Waals surface area contributed by atoms with Gasteiger partial charge in [0.2, 0.25) is 0 Å². The van der Waals surface area contributed by atoms with E-state index in [-0.39, 0.29) is 5.75 Å². The Balaban J connectivity index is 2.40. The molecule has 2 N–H and O–H groups in total. The number of nitrogens with one attached hydrogen (secondary N) is 1. The summed E-state index contributed by atoms with van der Waals surface area (Å²) < 4.78 is 32.2. The average molecular weight is 316 g/mol. The lowest BCUT2D eigenvalue weighted by molar-refractivity contribution is -0.546. The van der Waals surface area contributed by atoms with Gasteiger partial charge >= 0.3 is 0 Å². The van der Waals surface area contributed by atoms with Gasteiger partial charge in [-0.1, -0.05) is 18.2 Å². The Labute approximate surface area is 122 Å². The maximum absolute atomic E-state index is 10.8.